The Bertz CT molecular complexity index is 506. The number of carbonyl (C=O) groups excluding carboxylic acids is 1. The van der Waals surface area contributed by atoms with E-state index in [1.54, 1.807) is 0 Å². The van der Waals surface area contributed by atoms with E-state index in [2.05, 4.69) is 25.6 Å². The fourth-order valence-corrected chi connectivity index (χ4v) is 2.88. The van der Waals surface area contributed by atoms with Gasteiger partial charge in [-0.05, 0) is 43.2 Å². The largest absolute Gasteiger partial charge is 0.295 e. The number of allylic oxidation sites excluding steroid dienone is 3. The highest BCUT2D eigenvalue weighted by Crippen LogP contribution is 2.46. The second kappa shape index (κ2) is 5.56. The van der Waals surface area contributed by atoms with E-state index in [1.165, 1.54) is 30.4 Å². The molecule has 1 atom stereocenters. The SMILES string of the molecule is C=C(C)c1ccccc1.CC12CCC(=CC(=O)C1)C2. The average molecular weight is 254 g/mol. The van der Waals surface area contributed by atoms with E-state index in [0.717, 1.165) is 12.0 Å². The number of benzene rings is 1. The lowest BCUT2D eigenvalue weighted by Gasteiger charge is -2.23. The van der Waals surface area contributed by atoms with Crippen molar-refractivity contribution in [2.24, 2.45) is 5.41 Å². The minimum absolute atomic E-state index is 0.348. The molecule has 0 amide bonds. The highest BCUT2D eigenvalue weighted by molar-refractivity contribution is 5.92. The maximum absolute atomic E-state index is 11.1. The summed E-state index contributed by atoms with van der Waals surface area (Å²) >= 11 is 0. The highest BCUT2D eigenvalue weighted by Gasteiger charge is 2.36. The molecule has 2 aliphatic rings. The van der Waals surface area contributed by atoms with E-state index in [-0.39, 0.29) is 0 Å². The second-order valence-electron chi connectivity index (χ2n) is 6.08. The van der Waals surface area contributed by atoms with Gasteiger partial charge in [0.05, 0.1) is 0 Å². The van der Waals surface area contributed by atoms with Crippen LogP contribution in [0.2, 0.25) is 0 Å². The Labute approximate surface area is 116 Å². The lowest BCUT2D eigenvalue weighted by atomic mass is 9.80. The Kier molecular flexibility index (Phi) is 4.04. The minimum Gasteiger partial charge on any atom is -0.295 e. The maximum atomic E-state index is 11.1. The minimum atomic E-state index is 0.348. The normalized spacial score (nSPS) is 24.3. The monoisotopic (exact) mass is 254 g/mol. The van der Waals surface area contributed by atoms with Gasteiger partial charge in [-0.25, -0.2) is 0 Å². The van der Waals surface area contributed by atoms with Crippen LogP contribution in [0.25, 0.3) is 5.57 Å². The van der Waals surface area contributed by atoms with Crippen molar-refractivity contribution < 1.29 is 4.79 Å². The third-order valence-electron chi connectivity index (χ3n) is 3.94. The van der Waals surface area contributed by atoms with Crippen LogP contribution >= 0.6 is 0 Å². The van der Waals surface area contributed by atoms with Crippen molar-refractivity contribution in [3.63, 3.8) is 0 Å². The maximum Gasteiger partial charge on any atom is 0.156 e. The molecule has 0 heterocycles. The molecule has 2 aliphatic carbocycles. The first-order valence-corrected chi connectivity index (χ1v) is 6.92. The Morgan fingerprint density at radius 2 is 1.89 bits per heavy atom. The van der Waals surface area contributed by atoms with Crippen LogP contribution in [0, 0.1) is 5.41 Å². The molecule has 0 aliphatic heterocycles. The van der Waals surface area contributed by atoms with Gasteiger partial charge in [-0.2, -0.15) is 0 Å². The quantitative estimate of drug-likeness (QED) is 0.704. The molecule has 1 nitrogen and oxygen atoms in total. The number of hydrogen-bond donors (Lipinski definition) is 0. The van der Waals surface area contributed by atoms with Crippen LogP contribution in [0.3, 0.4) is 0 Å². The summed E-state index contributed by atoms with van der Waals surface area (Å²) in [5, 5.41) is 0. The van der Waals surface area contributed by atoms with Gasteiger partial charge in [-0.3, -0.25) is 4.79 Å². The van der Waals surface area contributed by atoms with Gasteiger partial charge in [0.2, 0.25) is 0 Å². The molecular weight excluding hydrogens is 232 g/mol. The average Bonchev–Trinajstić information content (AvgIpc) is 2.65. The number of rotatable bonds is 1. The van der Waals surface area contributed by atoms with E-state index in [0.29, 0.717) is 11.2 Å². The predicted molar refractivity (Wildman–Crippen MR) is 80.8 cm³/mol. The van der Waals surface area contributed by atoms with Gasteiger partial charge in [-0.1, -0.05) is 55.0 Å². The molecule has 19 heavy (non-hydrogen) atoms. The summed E-state index contributed by atoms with van der Waals surface area (Å²) in [4.78, 5) is 11.1. The Balaban J connectivity index is 0.000000141. The van der Waals surface area contributed by atoms with Crippen LogP contribution in [0.4, 0.5) is 0 Å². The van der Waals surface area contributed by atoms with Crippen LogP contribution in [0.5, 0.6) is 0 Å². The molecule has 0 N–H and O–H groups in total. The summed E-state index contributed by atoms with van der Waals surface area (Å²) in [7, 11) is 0. The fraction of sp³-hybridized carbons (Fsp3) is 0.389. The fourth-order valence-electron chi connectivity index (χ4n) is 2.88. The Morgan fingerprint density at radius 3 is 2.42 bits per heavy atom. The lowest BCUT2D eigenvalue weighted by molar-refractivity contribution is -0.116. The molecule has 0 radical (unpaired) electrons. The van der Waals surface area contributed by atoms with Gasteiger partial charge in [0.25, 0.3) is 0 Å². The molecule has 0 spiro atoms. The molecule has 1 fully saturated rings. The second-order valence-corrected chi connectivity index (χ2v) is 6.08. The van der Waals surface area contributed by atoms with Crippen molar-refractivity contribution in [3.05, 3.63) is 54.1 Å². The summed E-state index contributed by atoms with van der Waals surface area (Å²) in [5.74, 6) is 0.348. The predicted octanol–water partition coefficient (Wildman–Crippen LogP) is 4.80. The molecule has 1 saturated carbocycles. The number of ketones is 1. The van der Waals surface area contributed by atoms with E-state index in [1.807, 2.05) is 31.2 Å². The van der Waals surface area contributed by atoms with E-state index in [9.17, 15) is 4.79 Å². The first-order valence-electron chi connectivity index (χ1n) is 6.92. The van der Waals surface area contributed by atoms with Gasteiger partial charge in [0, 0.05) is 6.42 Å². The van der Waals surface area contributed by atoms with Crippen LogP contribution in [-0.2, 0) is 4.79 Å². The van der Waals surface area contributed by atoms with Gasteiger partial charge in [0.1, 0.15) is 0 Å². The highest BCUT2D eigenvalue weighted by atomic mass is 16.1. The number of hydrogen-bond acceptors (Lipinski definition) is 1. The lowest BCUT2D eigenvalue weighted by Crippen LogP contribution is -2.18. The third-order valence-corrected chi connectivity index (χ3v) is 3.94. The summed E-state index contributed by atoms with van der Waals surface area (Å²) in [5.41, 5.74) is 4.08. The zero-order valence-corrected chi connectivity index (χ0v) is 11.9. The van der Waals surface area contributed by atoms with Crippen molar-refractivity contribution in [1.29, 1.82) is 0 Å². The van der Waals surface area contributed by atoms with E-state index >= 15 is 0 Å². The molecule has 1 aromatic carbocycles. The van der Waals surface area contributed by atoms with Crippen molar-refractivity contribution in [2.75, 3.05) is 0 Å². The van der Waals surface area contributed by atoms with Crippen LogP contribution in [0.1, 0.15) is 45.1 Å². The molecule has 100 valence electrons. The molecule has 1 unspecified atom stereocenters. The standard InChI is InChI=1S/C9H12O.C9H10/c1-9-3-2-7(5-9)4-8(10)6-9;1-8(2)9-6-4-3-5-7-9/h4H,2-3,5-6H2,1H3;3-7H,1H2,2H3. The molecular formula is C18H22O. The zero-order valence-electron chi connectivity index (χ0n) is 11.9. The van der Waals surface area contributed by atoms with Crippen LogP contribution in [0.15, 0.2) is 48.6 Å². The van der Waals surface area contributed by atoms with Crippen LogP contribution in [-0.4, -0.2) is 5.78 Å². The first-order chi connectivity index (χ1) is 8.98. The molecule has 1 heteroatoms. The third kappa shape index (κ3) is 3.66. The Hall–Kier alpha value is -1.63. The summed E-state index contributed by atoms with van der Waals surface area (Å²) in [6.45, 7) is 8.06. The topological polar surface area (TPSA) is 17.1 Å². The number of fused-ring (bicyclic) bond motifs is 2. The van der Waals surface area contributed by atoms with Crippen molar-refractivity contribution in [2.45, 2.75) is 39.5 Å². The van der Waals surface area contributed by atoms with Gasteiger partial charge in [-0.15, -0.1) is 0 Å². The molecule has 1 aromatic rings. The first kappa shape index (κ1) is 13.8. The summed E-state index contributed by atoms with van der Waals surface area (Å²) in [6, 6.07) is 10.2. The van der Waals surface area contributed by atoms with Crippen molar-refractivity contribution in [3.8, 4) is 0 Å². The van der Waals surface area contributed by atoms with Crippen molar-refractivity contribution in [1.82, 2.24) is 0 Å². The zero-order chi connectivity index (χ0) is 13.9. The van der Waals surface area contributed by atoms with E-state index in [4.69, 9.17) is 0 Å². The molecule has 2 bridgehead atoms. The van der Waals surface area contributed by atoms with Gasteiger partial charge in [0.15, 0.2) is 5.78 Å². The summed E-state index contributed by atoms with van der Waals surface area (Å²) < 4.78 is 0. The van der Waals surface area contributed by atoms with E-state index < -0.39 is 0 Å². The smallest absolute Gasteiger partial charge is 0.156 e. The van der Waals surface area contributed by atoms with Crippen LogP contribution < -0.4 is 0 Å². The number of carbonyl (C=O) groups is 1. The molecule has 3 rings (SSSR count). The molecule has 0 saturated heterocycles. The van der Waals surface area contributed by atoms with Gasteiger partial charge < -0.3 is 0 Å². The molecule has 0 aromatic heterocycles. The van der Waals surface area contributed by atoms with Crippen molar-refractivity contribution >= 4 is 11.4 Å². The Morgan fingerprint density at radius 1 is 1.21 bits per heavy atom. The van der Waals surface area contributed by atoms with Gasteiger partial charge >= 0.3 is 0 Å². The summed E-state index contributed by atoms with van der Waals surface area (Å²) in [6.07, 6.45) is 6.22.